The Morgan fingerprint density at radius 2 is 1.77 bits per heavy atom. The first-order valence-electron chi connectivity index (χ1n) is 9.19. The Morgan fingerprint density at radius 1 is 1.13 bits per heavy atom. The second-order valence-corrected chi connectivity index (χ2v) is 9.55. The Kier molecular flexibility index (Phi) is 6.70. The normalized spacial score (nSPS) is 24.3. The van der Waals surface area contributed by atoms with Gasteiger partial charge in [-0.15, -0.1) is 0 Å². The van der Waals surface area contributed by atoms with E-state index in [-0.39, 0.29) is 31.1 Å². The molecule has 1 amide bonds. The molecule has 2 saturated heterocycles. The minimum absolute atomic E-state index is 0.0119. The lowest BCUT2D eigenvalue weighted by Gasteiger charge is -2.38. The van der Waals surface area contributed by atoms with E-state index in [1.165, 1.54) is 9.32 Å². The molecule has 1 aromatic rings. The highest BCUT2D eigenvalue weighted by Gasteiger charge is 2.44. The number of alkyl halides is 3. The Morgan fingerprint density at radius 3 is 2.33 bits per heavy atom. The number of benzene rings is 1. The molecule has 30 heavy (non-hydrogen) atoms. The van der Waals surface area contributed by atoms with Crippen LogP contribution in [-0.2, 0) is 21.0 Å². The zero-order chi connectivity index (χ0) is 22.3. The molecule has 0 unspecified atom stereocenters. The predicted octanol–water partition coefficient (Wildman–Crippen LogP) is 0.537. The highest BCUT2D eigenvalue weighted by molar-refractivity contribution is 7.89. The molecule has 0 aliphatic carbocycles. The lowest BCUT2D eigenvalue weighted by molar-refractivity contribution is -0.138. The van der Waals surface area contributed by atoms with Crippen molar-refractivity contribution in [1.82, 2.24) is 13.6 Å². The van der Waals surface area contributed by atoms with Crippen LogP contribution in [0, 0.1) is 0 Å². The molecule has 2 fully saturated rings. The van der Waals surface area contributed by atoms with Crippen LogP contribution in [0.5, 0.6) is 0 Å². The third-order valence-electron chi connectivity index (χ3n) is 5.31. The van der Waals surface area contributed by atoms with Crippen molar-refractivity contribution in [2.75, 3.05) is 26.2 Å². The molecule has 2 N–H and O–H groups in total. The van der Waals surface area contributed by atoms with Gasteiger partial charge in [-0.2, -0.15) is 17.5 Å². The van der Waals surface area contributed by atoms with E-state index in [9.17, 15) is 36.4 Å². The van der Waals surface area contributed by atoms with Crippen LogP contribution in [-0.4, -0.2) is 83.3 Å². The summed E-state index contributed by atoms with van der Waals surface area (Å²) < 4.78 is 66.2. The van der Waals surface area contributed by atoms with Gasteiger partial charge >= 0.3 is 13.3 Å². The molecule has 8 nitrogen and oxygen atoms in total. The maximum atomic E-state index is 12.9. The number of halogens is 4. The molecule has 2 atom stereocenters. The summed E-state index contributed by atoms with van der Waals surface area (Å²) in [5.41, 5.74) is -0.970. The molecule has 0 saturated carbocycles. The molecule has 0 bridgehead atoms. The molecule has 0 radical (unpaired) electrons. The smallest absolute Gasteiger partial charge is 0.426 e. The van der Waals surface area contributed by atoms with Gasteiger partial charge in [0.05, 0.1) is 16.4 Å². The number of nitrogens with zero attached hydrogens (tertiary/aromatic N) is 3. The van der Waals surface area contributed by atoms with Gasteiger partial charge in [0.2, 0.25) is 15.9 Å². The van der Waals surface area contributed by atoms with E-state index < -0.39 is 46.8 Å². The van der Waals surface area contributed by atoms with E-state index in [2.05, 4.69) is 0 Å². The molecule has 0 aromatic heterocycles. The maximum Gasteiger partial charge on any atom is 0.475 e. The van der Waals surface area contributed by atoms with Crippen LogP contribution < -0.4 is 0 Å². The van der Waals surface area contributed by atoms with E-state index in [0.717, 1.165) is 16.4 Å². The quantitative estimate of drug-likeness (QED) is 0.493. The van der Waals surface area contributed by atoms with Gasteiger partial charge in [0.25, 0.3) is 0 Å². The number of rotatable bonds is 4. The molecule has 2 aliphatic heterocycles. The van der Waals surface area contributed by atoms with Gasteiger partial charge in [-0.3, -0.25) is 4.79 Å². The van der Waals surface area contributed by atoms with E-state index >= 15 is 0 Å². The number of amides is 1. The monoisotopic (exact) mass is 469 g/mol. The molecular weight excluding hydrogens is 450 g/mol. The maximum absolute atomic E-state index is 12.9. The number of carbonyl (C=O) groups excluding carboxylic acids is 1. The van der Waals surface area contributed by atoms with Crippen LogP contribution in [0.3, 0.4) is 0 Å². The van der Waals surface area contributed by atoms with Crippen LogP contribution in [0.4, 0.5) is 13.2 Å². The van der Waals surface area contributed by atoms with E-state index in [4.69, 9.17) is 11.8 Å². The summed E-state index contributed by atoms with van der Waals surface area (Å²) in [7, 11) is -5.88. The lowest BCUT2D eigenvalue weighted by atomic mass is 9.77. The number of sulfonamides is 1. The zero-order valence-corrected chi connectivity index (χ0v) is 17.2. The molecule has 1 aromatic carbocycles. The fourth-order valence-corrected chi connectivity index (χ4v) is 5.34. The Labute approximate surface area is 177 Å². The minimum Gasteiger partial charge on any atom is -0.426 e. The number of piperazine rings is 1. The van der Waals surface area contributed by atoms with E-state index in [1.807, 2.05) is 0 Å². The minimum atomic E-state index is -4.59. The van der Waals surface area contributed by atoms with Crippen LogP contribution in [0.1, 0.15) is 18.4 Å². The first kappa shape index (κ1) is 23.3. The van der Waals surface area contributed by atoms with Crippen molar-refractivity contribution in [2.24, 2.45) is 0 Å². The fraction of sp³-hybridized carbons (Fsp3) is 0.562. The lowest BCUT2D eigenvalue weighted by Crippen LogP contribution is -2.59. The summed E-state index contributed by atoms with van der Waals surface area (Å²) in [4.78, 5) is 13.9. The number of hydrogen-bond donors (Lipinski definition) is 2. The number of likely N-dealkylation sites (tertiary alicyclic amines) is 1. The molecule has 2 aliphatic rings. The SMILES string of the molecule is O=C([C@H]1CN(S(=O)(=O)c2ccc(C(F)(F)F)cc2)CCN1Cl)N1CCC[C@H]1B(O)O. The third-order valence-corrected chi connectivity index (χ3v) is 7.59. The number of hydrogen-bond acceptors (Lipinski definition) is 6. The zero-order valence-electron chi connectivity index (χ0n) is 15.7. The van der Waals surface area contributed by atoms with Crippen LogP contribution in [0.15, 0.2) is 29.2 Å². The summed E-state index contributed by atoms with van der Waals surface area (Å²) in [6.45, 7) is -0.0643. The fourth-order valence-electron chi connectivity index (χ4n) is 3.68. The van der Waals surface area contributed by atoms with Crippen molar-refractivity contribution in [2.45, 2.75) is 35.9 Å². The van der Waals surface area contributed by atoms with Crippen LogP contribution >= 0.6 is 11.8 Å². The average Bonchev–Trinajstić information content (AvgIpc) is 3.17. The summed E-state index contributed by atoms with van der Waals surface area (Å²) in [6, 6.07) is 2.06. The first-order chi connectivity index (χ1) is 13.9. The molecule has 3 rings (SSSR count). The molecule has 14 heteroatoms. The highest BCUT2D eigenvalue weighted by atomic mass is 35.5. The van der Waals surface area contributed by atoms with Crippen molar-refractivity contribution < 1.29 is 36.4 Å². The van der Waals surface area contributed by atoms with Gasteiger partial charge in [-0.1, -0.05) is 0 Å². The summed E-state index contributed by atoms with van der Waals surface area (Å²) in [5.74, 6) is -1.34. The van der Waals surface area contributed by atoms with Crippen molar-refractivity contribution in [1.29, 1.82) is 0 Å². The second-order valence-electron chi connectivity index (χ2n) is 7.18. The average molecular weight is 470 g/mol. The Balaban J connectivity index is 1.79. The van der Waals surface area contributed by atoms with Crippen molar-refractivity contribution >= 4 is 34.8 Å². The topological polar surface area (TPSA) is 101 Å². The molecule has 0 spiro atoms. The predicted molar refractivity (Wildman–Crippen MR) is 101 cm³/mol. The van der Waals surface area contributed by atoms with Gasteiger partial charge in [-0.05, 0) is 48.9 Å². The standard InChI is InChI=1S/C16H20BClF3N3O5S/c18-24-9-8-22(10-13(24)15(25)23-7-1-2-14(23)17(26)27)30(28,29)12-5-3-11(4-6-12)16(19,20)21/h3-6,13-14,26-27H,1-2,7-10H2/t13-,14+/m1/s1. The first-order valence-corrected chi connectivity index (χ1v) is 11.0. The second kappa shape index (κ2) is 8.63. The Bertz CT molecular complexity index is 887. The Hall–Kier alpha value is -1.38. The van der Waals surface area contributed by atoms with Crippen LogP contribution in [0.2, 0.25) is 0 Å². The summed E-state index contributed by atoms with van der Waals surface area (Å²) in [6.07, 6.45) is -3.63. The van der Waals surface area contributed by atoms with Crippen molar-refractivity contribution in [3.05, 3.63) is 29.8 Å². The summed E-state index contributed by atoms with van der Waals surface area (Å²) in [5, 5.41) is 18.9. The van der Waals surface area contributed by atoms with Gasteiger partial charge in [0.1, 0.15) is 6.04 Å². The van der Waals surface area contributed by atoms with Crippen molar-refractivity contribution in [3.8, 4) is 0 Å². The molecular formula is C16H20BClF3N3O5S. The summed E-state index contributed by atoms with van der Waals surface area (Å²) >= 11 is 6.13. The third kappa shape index (κ3) is 4.60. The van der Waals surface area contributed by atoms with Crippen molar-refractivity contribution in [3.63, 3.8) is 0 Å². The van der Waals surface area contributed by atoms with Gasteiger partial charge in [0.15, 0.2) is 0 Å². The van der Waals surface area contributed by atoms with E-state index in [0.29, 0.717) is 25.0 Å². The van der Waals surface area contributed by atoms with Gasteiger partial charge in [0, 0.05) is 26.2 Å². The van der Waals surface area contributed by atoms with E-state index in [1.54, 1.807) is 0 Å². The molecule has 166 valence electrons. The number of carbonyl (C=O) groups is 1. The molecule has 2 heterocycles. The van der Waals surface area contributed by atoms with Gasteiger partial charge in [-0.25, -0.2) is 12.8 Å². The van der Waals surface area contributed by atoms with Gasteiger partial charge < -0.3 is 14.9 Å². The largest absolute Gasteiger partial charge is 0.475 e. The highest BCUT2D eigenvalue weighted by Crippen LogP contribution is 2.31. The van der Waals surface area contributed by atoms with Crippen LogP contribution in [0.25, 0.3) is 0 Å².